The number of rotatable bonds is 6. The molecule has 7 nitrogen and oxygen atoms in total. The molecule has 0 unspecified atom stereocenters. The van der Waals surface area contributed by atoms with Gasteiger partial charge in [0.15, 0.2) is 10.7 Å². The van der Waals surface area contributed by atoms with E-state index in [1.54, 1.807) is 0 Å². The number of aromatic nitrogens is 2. The Hall–Kier alpha value is -3.52. The van der Waals surface area contributed by atoms with E-state index < -0.39 is 0 Å². The van der Waals surface area contributed by atoms with E-state index >= 15 is 0 Å². The molecule has 0 atom stereocenters. The lowest BCUT2D eigenvalue weighted by molar-refractivity contribution is -0.119. The van der Waals surface area contributed by atoms with Gasteiger partial charge in [0, 0.05) is 29.8 Å². The summed E-state index contributed by atoms with van der Waals surface area (Å²) >= 11 is 1.37. The highest BCUT2D eigenvalue weighted by Gasteiger charge is 2.16. The monoisotopic (exact) mass is 434 g/mol. The summed E-state index contributed by atoms with van der Waals surface area (Å²) < 4.78 is 5.42. The summed E-state index contributed by atoms with van der Waals surface area (Å²) in [5.41, 5.74) is 6.16. The first kappa shape index (κ1) is 20.7. The van der Waals surface area contributed by atoms with Crippen molar-refractivity contribution in [2.75, 3.05) is 5.32 Å². The number of hydrogen-bond acceptors (Lipinski definition) is 6. The van der Waals surface area contributed by atoms with E-state index in [1.807, 2.05) is 55.6 Å². The Morgan fingerprint density at radius 1 is 1.13 bits per heavy atom. The van der Waals surface area contributed by atoms with Gasteiger partial charge in [0.05, 0.1) is 12.1 Å². The van der Waals surface area contributed by atoms with E-state index in [0.717, 1.165) is 33.3 Å². The average Bonchev–Trinajstić information content (AvgIpc) is 3.34. The van der Waals surface area contributed by atoms with Crippen molar-refractivity contribution < 1.29 is 14.1 Å². The van der Waals surface area contributed by atoms with Crippen LogP contribution < -0.4 is 10.6 Å². The Morgan fingerprint density at radius 2 is 1.90 bits per heavy atom. The minimum atomic E-state index is -0.194. The van der Waals surface area contributed by atoms with Crippen LogP contribution in [0.25, 0.3) is 22.2 Å². The van der Waals surface area contributed by atoms with E-state index in [1.165, 1.54) is 18.3 Å². The smallest absolute Gasteiger partial charge is 0.232 e. The maximum Gasteiger partial charge on any atom is 0.232 e. The number of anilines is 1. The van der Waals surface area contributed by atoms with Crippen LogP contribution in [0.1, 0.15) is 29.3 Å². The Bertz CT molecular complexity index is 1260. The van der Waals surface area contributed by atoms with Crippen LogP contribution >= 0.6 is 11.3 Å². The largest absolute Gasteiger partial charge is 0.356 e. The van der Waals surface area contributed by atoms with Crippen LogP contribution in [-0.4, -0.2) is 22.0 Å². The third kappa shape index (κ3) is 4.80. The number of carbonyl (C=O) groups is 2. The van der Waals surface area contributed by atoms with E-state index in [9.17, 15) is 9.59 Å². The molecule has 4 rings (SSSR count). The molecule has 2 aromatic carbocycles. The molecule has 8 heteroatoms. The Morgan fingerprint density at radius 3 is 2.65 bits per heavy atom. The molecule has 0 radical (unpaired) electrons. The summed E-state index contributed by atoms with van der Waals surface area (Å²) in [7, 11) is 0. The van der Waals surface area contributed by atoms with Crippen molar-refractivity contribution in [1.29, 1.82) is 0 Å². The highest BCUT2D eigenvalue weighted by Crippen LogP contribution is 2.27. The fraction of sp³-hybridized carbons (Fsp3) is 0.217. The first-order chi connectivity index (χ1) is 14.9. The van der Waals surface area contributed by atoms with Crippen LogP contribution in [0.2, 0.25) is 0 Å². The number of benzene rings is 2. The van der Waals surface area contributed by atoms with Gasteiger partial charge in [-0.2, -0.15) is 0 Å². The van der Waals surface area contributed by atoms with Crippen LogP contribution in [-0.2, 0) is 22.6 Å². The average molecular weight is 435 g/mol. The zero-order valence-electron chi connectivity index (χ0n) is 17.5. The first-order valence-electron chi connectivity index (χ1n) is 9.83. The van der Waals surface area contributed by atoms with Crippen molar-refractivity contribution in [3.63, 3.8) is 0 Å². The molecule has 0 bridgehead atoms. The van der Waals surface area contributed by atoms with Gasteiger partial charge >= 0.3 is 0 Å². The molecule has 31 heavy (non-hydrogen) atoms. The summed E-state index contributed by atoms with van der Waals surface area (Å²) in [4.78, 5) is 28.1. The Balaban J connectivity index is 1.42. The third-order valence-corrected chi connectivity index (χ3v) is 5.60. The topological polar surface area (TPSA) is 97.1 Å². The normalized spacial score (nSPS) is 10.9. The minimum Gasteiger partial charge on any atom is -0.356 e. The molecule has 0 spiro atoms. The number of amides is 2. The van der Waals surface area contributed by atoms with Crippen LogP contribution in [0.3, 0.4) is 0 Å². The molecule has 0 aliphatic rings. The number of nitrogens with one attached hydrogen (secondary N) is 2. The maximum absolute atomic E-state index is 12.6. The van der Waals surface area contributed by atoms with Gasteiger partial charge in [0.25, 0.3) is 0 Å². The molecule has 2 N–H and O–H groups in total. The fourth-order valence-electron chi connectivity index (χ4n) is 3.37. The van der Waals surface area contributed by atoms with Gasteiger partial charge in [0.1, 0.15) is 5.69 Å². The highest BCUT2D eigenvalue weighted by atomic mass is 32.1. The second kappa shape index (κ2) is 8.69. The fourth-order valence-corrected chi connectivity index (χ4v) is 4.10. The Kier molecular flexibility index (Phi) is 5.81. The summed E-state index contributed by atoms with van der Waals surface area (Å²) in [5.74, 6) is -0.256. The first-order valence-corrected chi connectivity index (χ1v) is 10.7. The number of nitrogens with zero attached hydrogens (tertiary/aromatic N) is 2. The van der Waals surface area contributed by atoms with Gasteiger partial charge in [-0.1, -0.05) is 35.5 Å². The van der Waals surface area contributed by atoms with E-state index in [4.69, 9.17) is 4.52 Å². The number of thiazole rings is 1. The summed E-state index contributed by atoms with van der Waals surface area (Å²) in [6.07, 6.45) is 0.114. The molecular formula is C23H22N4O3S. The number of carbonyl (C=O) groups excluding carboxylic acids is 2. The van der Waals surface area contributed by atoms with Crippen molar-refractivity contribution in [2.45, 2.75) is 33.7 Å². The third-order valence-electron chi connectivity index (χ3n) is 4.85. The van der Waals surface area contributed by atoms with E-state index in [-0.39, 0.29) is 18.2 Å². The van der Waals surface area contributed by atoms with Gasteiger partial charge in [-0.05, 0) is 36.6 Å². The number of aryl methyl sites for hydroxylation is 2. The van der Waals surface area contributed by atoms with Gasteiger partial charge in [-0.15, -0.1) is 11.3 Å². The van der Waals surface area contributed by atoms with Crippen LogP contribution in [0.5, 0.6) is 0 Å². The molecule has 2 aromatic heterocycles. The molecule has 2 amide bonds. The predicted molar refractivity (Wildman–Crippen MR) is 121 cm³/mol. The summed E-state index contributed by atoms with van der Waals surface area (Å²) in [6.45, 7) is 5.96. The molecule has 0 fully saturated rings. The number of hydrogen-bond donors (Lipinski definition) is 2. The van der Waals surface area contributed by atoms with Crippen molar-refractivity contribution in [1.82, 2.24) is 15.5 Å². The highest BCUT2D eigenvalue weighted by molar-refractivity contribution is 7.14. The van der Waals surface area contributed by atoms with Gasteiger partial charge in [-0.25, -0.2) is 4.98 Å². The molecule has 0 saturated carbocycles. The molecule has 0 aliphatic heterocycles. The lowest BCUT2D eigenvalue weighted by atomic mass is 10.1. The molecule has 0 saturated heterocycles. The van der Waals surface area contributed by atoms with Crippen molar-refractivity contribution in [3.05, 3.63) is 64.2 Å². The van der Waals surface area contributed by atoms with Crippen molar-refractivity contribution in [3.8, 4) is 11.3 Å². The lowest BCUT2D eigenvalue weighted by Gasteiger charge is -2.03. The quantitative estimate of drug-likeness (QED) is 0.469. The second-order valence-corrected chi connectivity index (χ2v) is 8.32. The van der Waals surface area contributed by atoms with E-state index in [0.29, 0.717) is 23.0 Å². The number of fused-ring (bicyclic) bond motifs is 1. The van der Waals surface area contributed by atoms with Crippen molar-refractivity contribution >= 4 is 39.3 Å². The van der Waals surface area contributed by atoms with E-state index in [2.05, 4.69) is 20.8 Å². The molecule has 2 heterocycles. The SMILES string of the molecule is CC(=O)NCc1ccc(-c2csc(NC(=O)Cc3noc4c(C)cc(C)cc34)n2)cc1. The summed E-state index contributed by atoms with van der Waals surface area (Å²) in [6, 6.07) is 11.8. The lowest BCUT2D eigenvalue weighted by Crippen LogP contribution is -2.18. The van der Waals surface area contributed by atoms with Crippen molar-refractivity contribution in [2.24, 2.45) is 0 Å². The molecular weight excluding hydrogens is 412 g/mol. The Labute approximate surface area is 183 Å². The molecule has 0 aliphatic carbocycles. The van der Waals surface area contributed by atoms with Gasteiger partial charge < -0.3 is 15.2 Å². The summed E-state index contributed by atoms with van der Waals surface area (Å²) in [5, 5.41) is 13.0. The minimum absolute atomic E-state index is 0.0622. The van der Waals surface area contributed by atoms with Crippen LogP contribution in [0, 0.1) is 13.8 Å². The molecule has 4 aromatic rings. The maximum atomic E-state index is 12.6. The van der Waals surface area contributed by atoms with Gasteiger partial charge in [-0.3, -0.25) is 9.59 Å². The predicted octanol–water partition coefficient (Wildman–Crippen LogP) is 4.39. The van der Waals surface area contributed by atoms with Gasteiger partial charge in [0.2, 0.25) is 11.8 Å². The zero-order valence-corrected chi connectivity index (χ0v) is 18.3. The van der Waals surface area contributed by atoms with Crippen LogP contribution in [0.15, 0.2) is 46.3 Å². The second-order valence-electron chi connectivity index (χ2n) is 7.46. The molecule has 158 valence electrons. The zero-order chi connectivity index (χ0) is 22.0. The van der Waals surface area contributed by atoms with Crippen LogP contribution in [0.4, 0.5) is 5.13 Å². The standard InChI is InChI=1S/C23H22N4O3S/c1-13-8-14(2)22-18(9-13)19(27-30-22)10-21(29)26-23-25-20(12-31-23)17-6-4-16(5-7-17)11-24-15(3)28/h4-9,12H,10-11H2,1-3H3,(H,24,28)(H,25,26,29).